The van der Waals surface area contributed by atoms with Crippen LogP contribution in [-0.4, -0.2) is 21.8 Å². The first-order valence-corrected chi connectivity index (χ1v) is 9.69. The summed E-state index contributed by atoms with van der Waals surface area (Å²) in [7, 11) is 0. The minimum atomic E-state index is -0.290. The molecule has 9 heteroatoms. The molecule has 2 aromatic carbocycles. The van der Waals surface area contributed by atoms with Gasteiger partial charge in [-0.15, -0.1) is 10.2 Å². The second kappa shape index (κ2) is 7.64. The molecular formula is C18H13Cl2N5OS. The number of nitrogens with one attached hydrogen (secondary N) is 1. The Morgan fingerprint density at radius 2 is 1.74 bits per heavy atom. The van der Waals surface area contributed by atoms with E-state index in [4.69, 9.17) is 23.2 Å². The number of anilines is 2. The van der Waals surface area contributed by atoms with Crippen LogP contribution in [0.25, 0.3) is 0 Å². The van der Waals surface area contributed by atoms with Crippen molar-refractivity contribution >= 4 is 57.0 Å². The molecular weight excluding hydrogens is 405 g/mol. The Bertz CT molecular complexity index is 974. The van der Waals surface area contributed by atoms with Gasteiger partial charge < -0.3 is 0 Å². The highest BCUT2D eigenvalue weighted by Gasteiger charge is 2.32. The van der Waals surface area contributed by atoms with Gasteiger partial charge in [-0.05, 0) is 42.0 Å². The predicted octanol–water partition coefficient (Wildman–Crippen LogP) is 4.79. The van der Waals surface area contributed by atoms with Crippen molar-refractivity contribution in [2.75, 3.05) is 10.3 Å². The van der Waals surface area contributed by atoms with E-state index in [2.05, 4.69) is 20.6 Å². The average molecular weight is 418 g/mol. The number of rotatable bonds is 4. The number of nitrogens with zero attached hydrogens (tertiary/aromatic N) is 4. The Balaban J connectivity index is 1.65. The van der Waals surface area contributed by atoms with Gasteiger partial charge in [0, 0.05) is 16.5 Å². The smallest absolute Gasteiger partial charge is 0.273 e. The molecule has 0 fully saturated rings. The van der Waals surface area contributed by atoms with E-state index in [0.717, 1.165) is 11.3 Å². The molecule has 136 valence electrons. The second-order valence-corrected chi connectivity index (χ2v) is 7.54. The van der Waals surface area contributed by atoms with Crippen molar-refractivity contribution in [1.82, 2.24) is 10.2 Å². The van der Waals surface area contributed by atoms with Crippen LogP contribution in [-0.2, 0) is 4.79 Å². The number of amides is 1. The highest BCUT2D eigenvalue weighted by atomic mass is 35.5. The summed E-state index contributed by atoms with van der Waals surface area (Å²) in [6, 6.07) is 14.8. The lowest BCUT2D eigenvalue weighted by Gasteiger charge is -2.24. The first kappa shape index (κ1) is 17.9. The van der Waals surface area contributed by atoms with E-state index in [-0.39, 0.29) is 11.9 Å². The number of carbonyl (C=O) groups is 1. The van der Waals surface area contributed by atoms with E-state index in [9.17, 15) is 4.79 Å². The zero-order valence-corrected chi connectivity index (χ0v) is 16.2. The minimum absolute atomic E-state index is 0.126. The van der Waals surface area contributed by atoms with Crippen LogP contribution in [0.5, 0.6) is 0 Å². The van der Waals surface area contributed by atoms with Crippen LogP contribution in [0.15, 0.2) is 59.1 Å². The molecule has 0 saturated heterocycles. The van der Waals surface area contributed by atoms with Gasteiger partial charge in [0.25, 0.3) is 5.91 Å². The fourth-order valence-electron chi connectivity index (χ4n) is 2.82. The van der Waals surface area contributed by atoms with Gasteiger partial charge in [0.2, 0.25) is 5.13 Å². The van der Waals surface area contributed by atoms with Crippen LogP contribution in [0.3, 0.4) is 0 Å². The number of hydrogen-bond acceptors (Lipinski definition) is 6. The molecule has 27 heavy (non-hydrogen) atoms. The van der Waals surface area contributed by atoms with Gasteiger partial charge in [0.1, 0.15) is 11.2 Å². The third-order valence-electron chi connectivity index (χ3n) is 4.10. The maximum Gasteiger partial charge on any atom is 0.273 e. The largest absolute Gasteiger partial charge is 0.295 e. The summed E-state index contributed by atoms with van der Waals surface area (Å²) >= 11 is 13.3. The topological polar surface area (TPSA) is 70.5 Å². The van der Waals surface area contributed by atoms with Crippen molar-refractivity contribution in [1.29, 1.82) is 0 Å². The van der Waals surface area contributed by atoms with Crippen LogP contribution in [0.4, 0.5) is 10.8 Å². The minimum Gasteiger partial charge on any atom is -0.295 e. The first-order chi connectivity index (χ1) is 13.1. The molecule has 1 unspecified atom stereocenters. The monoisotopic (exact) mass is 417 g/mol. The number of hydrogen-bond donors (Lipinski definition) is 1. The van der Waals surface area contributed by atoms with E-state index >= 15 is 0 Å². The number of aromatic nitrogens is 2. The van der Waals surface area contributed by atoms with Crippen LogP contribution < -0.4 is 10.3 Å². The van der Waals surface area contributed by atoms with Gasteiger partial charge in [0.15, 0.2) is 0 Å². The van der Waals surface area contributed by atoms with Gasteiger partial charge in [-0.25, -0.2) is 0 Å². The zero-order valence-electron chi connectivity index (χ0n) is 13.8. The van der Waals surface area contributed by atoms with Crippen molar-refractivity contribution in [3.05, 3.63) is 69.7 Å². The van der Waals surface area contributed by atoms with Crippen molar-refractivity contribution in [2.45, 2.75) is 12.5 Å². The van der Waals surface area contributed by atoms with E-state index in [1.807, 2.05) is 41.4 Å². The van der Waals surface area contributed by atoms with E-state index in [0.29, 0.717) is 27.3 Å². The molecule has 0 aliphatic carbocycles. The van der Waals surface area contributed by atoms with E-state index < -0.39 is 0 Å². The second-order valence-electron chi connectivity index (χ2n) is 5.84. The fraction of sp³-hybridized carbons (Fsp3) is 0.111. The summed E-state index contributed by atoms with van der Waals surface area (Å²) < 4.78 is 0. The maximum absolute atomic E-state index is 12.6. The standard InChI is InChI=1S/C18H13Cl2N5OS/c19-12-3-1-11(2-4-12)16-9-15(17(26)22-18-23-21-10-27-18)24-25(16)14-7-5-13(20)6-8-14/h1-8,10,16H,9H2,(H,22,23,26). The molecule has 1 aliphatic rings. The number of carbonyl (C=O) groups excluding carboxylic acids is 1. The molecule has 0 radical (unpaired) electrons. The quantitative estimate of drug-likeness (QED) is 0.662. The predicted molar refractivity (Wildman–Crippen MR) is 109 cm³/mol. The lowest BCUT2D eigenvalue weighted by molar-refractivity contribution is -0.110. The SMILES string of the molecule is O=C(Nc1nncs1)C1=NN(c2ccc(Cl)cc2)C(c2ccc(Cl)cc2)C1. The number of halogens is 2. The first-order valence-electron chi connectivity index (χ1n) is 8.05. The lowest BCUT2D eigenvalue weighted by atomic mass is 10.0. The molecule has 0 bridgehead atoms. The summed E-state index contributed by atoms with van der Waals surface area (Å²) in [6.45, 7) is 0. The molecule has 3 aromatic rings. The van der Waals surface area contributed by atoms with Gasteiger partial charge in [-0.1, -0.05) is 46.7 Å². The summed E-state index contributed by atoms with van der Waals surface area (Å²) in [5, 5.41) is 18.4. The molecule has 1 aromatic heterocycles. The molecule has 0 spiro atoms. The van der Waals surface area contributed by atoms with Gasteiger partial charge in [-0.2, -0.15) is 5.10 Å². The Morgan fingerprint density at radius 1 is 1.07 bits per heavy atom. The summed E-state index contributed by atoms with van der Waals surface area (Å²) in [6.07, 6.45) is 0.453. The summed E-state index contributed by atoms with van der Waals surface area (Å²) in [5.41, 5.74) is 3.83. The van der Waals surface area contributed by atoms with Gasteiger partial charge in [-0.3, -0.25) is 15.1 Å². The number of hydrazone groups is 1. The third kappa shape index (κ3) is 3.95. The zero-order chi connectivity index (χ0) is 18.8. The Morgan fingerprint density at radius 3 is 2.37 bits per heavy atom. The van der Waals surface area contributed by atoms with Crippen LogP contribution in [0.1, 0.15) is 18.0 Å². The molecule has 2 heterocycles. The molecule has 1 aliphatic heterocycles. The van der Waals surface area contributed by atoms with Crippen molar-refractivity contribution in [2.24, 2.45) is 5.10 Å². The normalized spacial score (nSPS) is 16.3. The summed E-state index contributed by atoms with van der Waals surface area (Å²) in [5.74, 6) is -0.290. The lowest BCUT2D eigenvalue weighted by Crippen LogP contribution is -2.21. The van der Waals surface area contributed by atoms with Crippen LogP contribution in [0, 0.1) is 0 Å². The van der Waals surface area contributed by atoms with Gasteiger partial charge in [0.05, 0.1) is 11.7 Å². The molecule has 1 amide bonds. The average Bonchev–Trinajstić information content (AvgIpc) is 3.33. The van der Waals surface area contributed by atoms with Gasteiger partial charge >= 0.3 is 0 Å². The summed E-state index contributed by atoms with van der Waals surface area (Å²) in [4.78, 5) is 12.6. The van der Waals surface area contributed by atoms with Crippen LogP contribution in [0.2, 0.25) is 10.0 Å². The fourth-order valence-corrected chi connectivity index (χ4v) is 3.51. The Labute approximate surface area is 169 Å². The molecule has 1 N–H and O–H groups in total. The highest BCUT2D eigenvalue weighted by Crippen LogP contribution is 2.36. The Hall–Kier alpha value is -2.48. The van der Waals surface area contributed by atoms with Crippen molar-refractivity contribution < 1.29 is 4.79 Å². The Kier molecular flexibility index (Phi) is 5.07. The molecule has 0 saturated carbocycles. The molecule has 1 atom stereocenters. The van der Waals surface area contributed by atoms with Crippen molar-refractivity contribution in [3.8, 4) is 0 Å². The maximum atomic E-state index is 12.6. The van der Waals surface area contributed by atoms with Crippen molar-refractivity contribution in [3.63, 3.8) is 0 Å². The van der Waals surface area contributed by atoms with E-state index in [1.165, 1.54) is 11.3 Å². The molecule has 4 rings (SSSR count). The third-order valence-corrected chi connectivity index (χ3v) is 5.21. The molecule has 6 nitrogen and oxygen atoms in total. The van der Waals surface area contributed by atoms with E-state index in [1.54, 1.807) is 17.6 Å². The van der Waals surface area contributed by atoms with Crippen LogP contribution >= 0.6 is 34.5 Å². The highest BCUT2D eigenvalue weighted by molar-refractivity contribution is 7.13. The number of benzene rings is 2.